The topological polar surface area (TPSA) is 47.6 Å². The second kappa shape index (κ2) is 15.4. The minimum atomic E-state index is -0.0782. The summed E-state index contributed by atoms with van der Waals surface area (Å²) < 4.78 is 0. The average Bonchev–Trinajstić information content (AvgIpc) is 3.22. The number of halogens is 2. The van der Waals surface area contributed by atoms with Crippen molar-refractivity contribution in [2.75, 3.05) is 51.1 Å². The maximum Gasteiger partial charge on any atom is 0.321 e. The van der Waals surface area contributed by atoms with Crippen LogP contribution < -0.4 is 10.6 Å². The third-order valence-corrected chi connectivity index (χ3v) is 6.67. The van der Waals surface area contributed by atoms with Crippen molar-refractivity contribution in [2.24, 2.45) is 5.92 Å². The molecule has 3 aliphatic rings. The fourth-order valence-electron chi connectivity index (χ4n) is 4.05. The maximum atomic E-state index is 12.3. The van der Waals surface area contributed by atoms with Crippen LogP contribution >= 0.6 is 23.2 Å². The van der Waals surface area contributed by atoms with Crippen molar-refractivity contribution in [3.63, 3.8) is 0 Å². The summed E-state index contributed by atoms with van der Waals surface area (Å²) in [6, 6.07) is 5.04. The Kier molecular flexibility index (Phi) is 12.9. The monoisotopic (exact) mass is 494 g/mol. The van der Waals surface area contributed by atoms with Crippen LogP contribution in [0.3, 0.4) is 0 Å². The molecule has 1 aromatic carbocycles. The normalized spacial score (nSPS) is 20.6. The van der Waals surface area contributed by atoms with Crippen LogP contribution in [0, 0.1) is 5.92 Å². The van der Waals surface area contributed by atoms with Gasteiger partial charge < -0.3 is 15.5 Å². The van der Waals surface area contributed by atoms with Crippen molar-refractivity contribution in [3.8, 4) is 0 Å². The largest absolute Gasteiger partial charge is 0.322 e. The number of nitrogens with one attached hydrogen (secondary N) is 2. The van der Waals surface area contributed by atoms with E-state index in [1.807, 2.05) is 18.7 Å². The van der Waals surface area contributed by atoms with Gasteiger partial charge in [-0.25, -0.2) is 4.79 Å². The molecule has 1 aromatic rings. The molecule has 2 amide bonds. The zero-order valence-corrected chi connectivity index (χ0v) is 21.9. The van der Waals surface area contributed by atoms with Gasteiger partial charge in [-0.15, -0.1) is 0 Å². The first kappa shape index (κ1) is 27.7. The molecule has 2 saturated heterocycles. The molecule has 0 radical (unpaired) electrons. The first-order valence-electron chi connectivity index (χ1n) is 12.3. The second-order valence-electron chi connectivity index (χ2n) is 8.49. The fraction of sp³-hybridized carbons (Fsp3) is 0.577. The van der Waals surface area contributed by atoms with E-state index in [0.717, 1.165) is 51.7 Å². The minimum absolute atomic E-state index is 0.0782. The molecule has 1 atom stereocenters. The summed E-state index contributed by atoms with van der Waals surface area (Å²) in [5.41, 5.74) is 2.09. The molecule has 0 spiro atoms. The number of nitrogens with zero attached hydrogens (tertiary/aromatic N) is 2. The summed E-state index contributed by atoms with van der Waals surface area (Å²) in [5, 5.41) is 7.22. The van der Waals surface area contributed by atoms with Crippen LogP contribution in [0.25, 0.3) is 0 Å². The molecule has 4 rings (SSSR count). The van der Waals surface area contributed by atoms with E-state index in [1.165, 1.54) is 31.3 Å². The van der Waals surface area contributed by atoms with Crippen LogP contribution in [0.15, 0.2) is 42.0 Å². The van der Waals surface area contributed by atoms with Gasteiger partial charge in [0.05, 0.1) is 10.0 Å². The van der Waals surface area contributed by atoms with E-state index in [0.29, 0.717) is 15.7 Å². The zero-order valence-electron chi connectivity index (χ0n) is 20.4. The van der Waals surface area contributed by atoms with Gasteiger partial charge in [-0.3, -0.25) is 4.90 Å². The van der Waals surface area contributed by atoms with Gasteiger partial charge in [0.1, 0.15) is 0 Å². The number of benzene rings is 1. The first-order chi connectivity index (χ1) is 16.0. The molecule has 0 bridgehead atoms. The van der Waals surface area contributed by atoms with Crippen molar-refractivity contribution >= 4 is 34.9 Å². The number of piperazine rings is 1. The number of amides is 2. The third kappa shape index (κ3) is 10.1. The summed E-state index contributed by atoms with van der Waals surface area (Å²) in [6.07, 6.45) is 11.9. The number of carbonyl (C=O) groups excluding carboxylic acids is 1. The molecule has 2 fully saturated rings. The Balaban J connectivity index is 0.000000323. The van der Waals surface area contributed by atoms with Gasteiger partial charge in [0.2, 0.25) is 0 Å². The third-order valence-electron chi connectivity index (χ3n) is 5.93. The highest BCUT2D eigenvalue weighted by Gasteiger charge is 2.24. The van der Waals surface area contributed by atoms with Gasteiger partial charge in [0.15, 0.2) is 0 Å². The average molecular weight is 496 g/mol. The van der Waals surface area contributed by atoms with Crippen LogP contribution in [0.2, 0.25) is 10.0 Å². The standard InChI is InChI=1S/C16H22Cl2N4O.C8H12.C2H6/c17-14-2-1-13(9-15(14)18)20-16(23)22-7-5-21(6-8-22)11-12-3-4-19-10-12;1-8-6-4-2-3-5-7-8;1-2/h1-2,9,12,19H,3-8,10-11H2,(H,20,23);4,6-7H,2-3,5H2,1H3;1-2H3. The van der Waals surface area contributed by atoms with E-state index in [1.54, 1.807) is 18.2 Å². The molecule has 0 saturated carbocycles. The van der Waals surface area contributed by atoms with Gasteiger partial charge in [0.25, 0.3) is 0 Å². The number of anilines is 1. The molecule has 1 aliphatic carbocycles. The van der Waals surface area contributed by atoms with Crippen LogP contribution in [0.5, 0.6) is 0 Å². The van der Waals surface area contributed by atoms with Crippen LogP contribution in [0.1, 0.15) is 46.5 Å². The van der Waals surface area contributed by atoms with E-state index in [2.05, 4.69) is 40.7 Å². The predicted octanol–water partition coefficient (Wildman–Crippen LogP) is 6.45. The maximum absolute atomic E-state index is 12.3. The van der Waals surface area contributed by atoms with E-state index in [4.69, 9.17) is 23.2 Å². The molecule has 33 heavy (non-hydrogen) atoms. The van der Waals surface area contributed by atoms with Crippen LogP contribution in [-0.4, -0.2) is 61.6 Å². The number of urea groups is 1. The lowest BCUT2D eigenvalue weighted by Gasteiger charge is -2.35. The number of allylic oxidation sites excluding steroid dienone is 4. The number of hydrogen-bond donors (Lipinski definition) is 2. The second-order valence-corrected chi connectivity index (χ2v) is 9.30. The van der Waals surface area contributed by atoms with Crippen molar-refractivity contribution in [2.45, 2.75) is 46.5 Å². The van der Waals surface area contributed by atoms with Crippen LogP contribution in [-0.2, 0) is 0 Å². The number of hydrogen-bond acceptors (Lipinski definition) is 3. The van der Waals surface area contributed by atoms with Gasteiger partial charge >= 0.3 is 6.03 Å². The Hall–Kier alpha value is -1.53. The Morgan fingerprint density at radius 1 is 1.12 bits per heavy atom. The SMILES string of the molecule is CC.CC1=CCCCC=C1.O=C(Nc1ccc(Cl)c(Cl)c1)N1CCN(CC2CCNC2)CC1. The zero-order chi connectivity index (χ0) is 24.1. The summed E-state index contributed by atoms with van der Waals surface area (Å²) >= 11 is 11.9. The lowest BCUT2D eigenvalue weighted by molar-refractivity contribution is 0.136. The molecular formula is C26H40Cl2N4O. The van der Waals surface area contributed by atoms with Crippen molar-refractivity contribution < 1.29 is 4.79 Å². The Morgan fingerprint density at radius 2 is 1.88 bits per heavy atom. The summed E-state index contributed by atoms with van der Waals surface area (Å²) in [7, 11) is 0. The summed E-state index contributed by atoms with van der Waals surface area (Å²) in [4.78, 5) is 16.6. The van der Waals surface area contributed by atoms with E-state index in [-0.39, 0.29) is 6.03 Å². The highest BCUT2D eigenvalue weighted by atomic mass is 35.5. The quantitative estimate of drug-likeness (QED) is 0.507. The molecule has 2 heterocycles. The van der Waals surface area contributed by atoms with Crippen molar-refractivity contribution in [3.05, 3.63) is 52.0 Å². The molecule has 1 unspecified atom stereocenters. The number of rotatable bonds is 3. The van der Waals surface area contributed by atoms with E-state index < -0.39 is 0 Å². The summed E-state index contributed by atoms with van der Waals surface area (Å²) in [6.45, 7) is 12.9. The Bertz CT molecular complexity index is 782. The highest BCUT2D eigenvalue weighted by Crippen LogP contribution is 2.25. The van der Waals surface area contributed by atoms with Gasteiger partial charge in [-0.05, 0) is 69.8 Å². The lowest BCUT2D eigenvalue weighted by Crippen LogP contribution is -2.51. The van der Waals surface area contributed by atoms with Crippen molar-refractivity contribution in [1.82, 2.24) is 15.1 Å². The molecule has 184 valence electrons. The minimum Gasteiger partial charge on any atom is -0.322 e. The fourth-order valence-corrected chi connectivity index (χ4v) is 4.35. The Labute approximate surface area is 210 Å². The van der Waals surface area contributed by atoms with Gasteiger partial charge in [-0.2, -0.15) is 0 Å². The molecule has 5 nitrogen and oxygen atoms in total. The van der Waals surface area contributed by atoms with Crippen LogP contribution in [0.4, 0.5) is 10.5 Å². The summed E-state index contributed by atoms with van der Waals surface area (Å²) in [5.74, 6) is 0.756. The van der Waals surface area contributed by atoms with Gasteiger partial charge in [-0.1, -0.05) is 60.9 Å². The Morgan fingerprint density at radius 3 is 2.55 bits per heavy atom. The molecular weight excluding hydrogens is 455 g/mol. The lowest BCUT2D eigenvalue weighted by atomic mass is 10.1. The number of carbonyl (C=O) groups is 1. The first-order valence-corrected chi connectivity index (χ1v) is 13.0. The predicted molar refractivity (Wildman–Crippen MR) is 143 cm³/mol. The molecule has 0 aromatic heterocycles. The molecule has 2 N–H and O–H groups in total. The molecule has 2 aliphatic heterocycles. The smallest absolute Gasteiger partial charge is 0.321 e. The van der Waals surface area contributed by atoms with E-state index >= 15 is 0 Å². The van der Waals surface area contributed by atoms with Gasteiger partial charge in [0, 0.05) is 38.4 Å². The highest BCUT2D eigenvalue weighted by molar-refractivity contribution is 6.42. The molecule has 7 heteroatoms. The van der Waals surface area contributed by atoms with E-state index in [9.17, 15) is 4.79 Å². The van der Waals surface area contributed by atoms with Crippen molar-refractivity contribution in [1.29, 1.82) is 0 Å².